The van der Waals surface area contributed by atoms with Gasteiger partial charge in [-0.05, 0) is 24.5 Å². The standard InChI is InChI=1S/C12H15O2/c13-9-12(7-4-8-12)11(14)10-5-2-1-3-6-10/h2-3,5-6,11,13-14H,4,7-9H2. The van der Waals surface area contributed by atoms with E-state index in [1.54, 1.807) is 12.1 Å². The van der Waals surface area contributed by atoms with E-state index < -0.39 is 6.10 Å². The van der Waals surface area contributed by atoms with Gasteiger partial charge in [0.1, 0.15) is 0 Å². The van der Waals surface area contributed by atoms with E-state index in [9.17, 15) is 10.2 Å². The predicted octanol–water partition coefficient (Wildman–Crippen LogP) is 1.68. The van der Waals surface area contributed by atoms with Crippen molar-refractivity contribution >= 4 is 0 Å². The molecule has 0 bridgehead atoms. The summed E-state index contributed by atoms with van der Waals surface area (Å²) in [6.45, 7) is 0.0762. The van der Waals surface area contributed by atoms with Gasteiger partial charge in [0.05, 0.1) is 12.7 Å². The summed E-state index contributed by atoms with van der Waals surface area (Å²) in [6, 6.07) is 10.2. The highest BCUT2D eigenvalue weighted by molar-refractivity contribution is 5.20. The monoisotopic (exact) mass is 191 g/mol. The molecule has 1 aromatic rings. The van der Waals surface area contributed by atoms with Crippen molar-refractivity contribution in [3.63, 3.8) is 0 Å². The second-order valence-corrected chi connectivity index (χ2v) is 4.11. The summed E-state index contributed by atoms with van der Waals surface area (Å²) >= 11 is 0. The van der Waals surface area contributed by atoms with E-state index in [0.717, 1.165) is 24.8 Å². The smallest absolute Gasteiger partial charge is 0.0868 e. The van der Waals surface area contributed by atoms with Crippen LogP contribution in [0.4, 0.5) is 0 Å². The van der Waals surface area contributed by atoms with E-state index >= 15 is 0 Å². The maximum atomic E-state index is 10.1. The van der Waals surface area contributed by atoms with Gasteiger partial charge in [-0.25, -0.2) is 0 Å². The molecule has 1 atom stereocenters. The molecule has 2 rings (SSSR count). The molecule has 0 aliphatic heterocycles. The Kier molecular flexibility index (Phi) is 2.57. The van der Waals surface area contributed by atoms with Gasteiger partial charge in [-0.3, -0.25) is 0 Å². The van der Waals surface area contributed by atoms with E-state index in [2.05, 4.69) is 6.07 Å². The van der Waals surface area contributed by atoms with Crippen molar-refractivity contribution in [3.8, 4) is 0 Å². The SMILES string of the molecule is OCC1(C(O)c2cc[c]cc2)CCC1. The Morgan fingerprint density at radius 2 is 2.00 bits per heavy atom. The zero-order chi connectivity index (χ0) is 10.0. The topological polar surface area (TPSA) is 40.5 Å². The normalized spacial score (nSPS) is 21.3. The molecule has 1 unspecified atom stereocenters. The Labute approximate surface area is 84.2 Å². The maximum Gasteiger partial charge on any atom is 0.0868 e. The van der Waals surface area contributed by atoms with Crippen LogP contribution in [0.25, 0.3) is 0 Å². The van der Waals surface area contributed by atoms with Gasteiger partial charge >= 0.3 is 0 Å². The fourth-order valence-corrected chi connectivity index (χ4v) is 2.08. The number of hydrogen-bond donors (Lipinski definition) is 2. The molecule has 1 saturated carbocycles. The number of aliphatic hydroxyl groups excluding tert-OH is 2. The fraction of sp³-hybridized carbons (Fsp3) is 0.500. The van der Waals surface area contributed by atoms with Crippen molar-refractivity contribution in [2.75, 3.05) is 6.61 Å². The van der Waals surface area contributed by atoms with Crippen LogP contribution in [0.3, 0.4) is 0 Å². The molecule has 0 saturated heterocycles. The molecule has 2 N–H and O–H groups in total. The van der Waals surface area contributed by atoms with Gasteiger partial charge in [0, 0.05) is 5.41 Å². The van der Waals surface area contributed by atoms with Crippen LogP contribution in [0.5, 0.6) is 0 Å². The molecule has 1 aromatic carbocycles. The first-order valence-corrected chi connectivity index (χ1v) is 5.03. The van der Waals surface area contributed by atoms with Crippen LogP contribution in [0.2, 0.25) is 0 Å². The summed E-state index contributed by atoms with van der Waals surface area (Å²) in [7, 11) is 0. The van der Waals surface area contributed by atoms with Gasteiger partial charge in [0.2, 0.25) is 0 Å². The van der Waals surface area contributed by atoms with E-state index in [0.29, 0.717) is 0 Å². The highest BCUT2D eigenvalue weighted by Gasteiger charge is 2.43. The van der Waals surface area contributed by atoms with Crippen LogP contribution in [0.15, 0.2) is 24.3 Å². The second-order valence-electron chi connectivity index (χ2n) is 4.11. The molecule has 0 aromatic heterocycles. The van der Waals surface area contributed by atoms with Crippen LogP contribution in [0.1, 0.15) is 30.9 Å². The molecule has 1 radical (unpaired) electrons. The van der Waals surface area contributed by atoms with Gasteiger partial charge in [-0.2, -0.15) is 0 Å². The average molecular weight is 191 g/mol. The zero-order valence-electron chi connectivity index (χ0n) is 8.11. The molecule has 75 valence electrons. The number of hydrogen-bond acceptors (Lipinski definition) is 2. The Morgan fingerprint density at radius 1 is 1.36 bits per heavy atom. The summed E-state index contributed by atoms with van der Waals surface area (Å²) in [5, 5.41) is 19.4. The number of benzene rings is 1. The summed E-state index contributed by atoms with van der Waals surface area (Å²) in [6.07, 6.45) is 2.42. The van der Waals surface area contributed by atoms with Crippen LogP contribution in [-0.4, -0.2) is 16.8 Å². The molecule has 1 fully saturated rings. The Bertz CT molecular complexity index is 285. The van der Waals surface area contributed by atoms with Crippen LogP contribution in [-0.2, 0) is 0 Å². The van der Waals surface area contributed by atoms with E-state index in [1.165, 1.54) is 0 Å². The van der Waals surface area contributed by atoms with Gasteiger partial charge in [0.25, 0.3) is 0 Å². The molecule has 1 aliphatic rings. The number of aliphatic hydroxyl groups is 2. The molecule has 0 amide bonds. The molecule has 2 heteroatoms. The second kappa shape index (κ2) is 3.71. The Morgan fingerprint density at radius 3 is 2.43 bits per heavy atom. The van der Waals surface area contributed by atoms with E-state index in [-0.39, 0.29) is 12.0 Å². The Balaban J connectivity index is 2.19. The van der Waals surface area contributed by atoms with E-state index in [1.807, 2.05) is 12.1 Å². The lowest BCUT2D eigenvalue weighted by Crippen LogP contribution is -2.39. The minimum atomic E-state index is -0.532. The van der Waals surface area contributed by atoms with Crippen molar-refractivity contribution in [1.82, 2.24) is 0 Å². The molecular weight excluding hydrogens is 176 g/mol. The summed E-state index contributed by atoms with van der Waals surface area (Å²) in [4.78, 5) is 0. The van der Waals surface area contributed by atoms with Crippen LogP contribution in [0, 0.1) is 11.5 Å². The maximum absolute atomic E-state index is 10.1. The van der Waals surface area contributed by atoms with E-state index in [4.69, 9.17) is 0 Å². The largest absolute Gasteiger partial charge is 0.396 e. The van der Waals surface area contributed by atoms with Gasteiger partial charge in [0.15, 0.2) is 0 Å². The Hall–Kier alpha value is -0.860. The lowest BCUT2D eigenvalue weighted by Gasteiger charge is -2.44. The highest BCUT2D eigenvalue weighted by Crippen LogP contribution is 2.49. The van der Waals surface area contributed by atoms with Crippen molar-refractivity contribution < 1.29 is 10.2 Å². The summed E-state index contributed by atoms with van der Waals surface area (Å²) in [5.41, 5.74) is 0.610. The lowest BCUT2D eigenvalue weighted by atomic mass is 9.64. The number of rotatable bonds is 3. The van der Waals surface area contributed by atoms with Crippen molar-refractivity contribution in [3.05, 3.63) is 35.9 Å². The van der Waals surface area contributed by atoms with Crippen molar-refractivity contribution in [2.45, 2.75) is 25.4 Å². The quantitative estimate of drug-likeness (QED) is 0.763. The van der Waals surface area contributed by atoms with Crippen LogP contribution < -0.4 is 0 Å². The first-order valence-electron chi connectivity index (χ1n) is 5.03. The molecule has 14 heavy (non-hydrogen) atoms. The highest BCUT2D eigenvalue weighted by atomic mass is 16.3. The fourth-order valence-electron chi connectivity index (χ4n) is 2.08. The molecule has 0 spiro atoms. The van der Waals surface area contributed by atoms with Gasteiger partial charge < -0.3 is 10.2 Å². The summed E-state index contributed by atoms with van der Waals surface area (Å²) in [5.74, 6) is 0. The first kappa shape index (κ1) is 9.69. The zero-order valence-corrected chi connectivity index (χ0v) is 8.11. The minimum absolute atomic E-state index is 0.0762. The van der Waals surface area contributed by atoms with Gasteiger partial charge in [-0.1, -0.05) is 30.7 Å². The van der Waals surface area contributed by atoms with Crippen molar-refractivity contribution in [1.29, 1.82) is 0 Å². The third-order valence-corrected chi connectivity index (χ3v) is 3.30. The molecule has 2 nitrogen and oxygen atoms in total. The third kappa shape index (κ3) is 1.45. The van der Waals surface area contributed by atoms with Gasteiger partial charge in [-0.15, -0.1) is 0 Å². The first-order chi connectivity index (χ1) is 6.78. The lowest BCUT2D eigenvalue weighted by molar-refractivity contribution is -0.0734. The summed E-state index contributed by atoms with van der Waals surface area (Å²) < 4.78 is 0. The molecule has 0 heterocycles. The molecular formula is C12H15O2. The van der Waals surface area contributed by atoms with Crippen molar-refractivity contribution in [2.24, 2.45) is 5.41 Å². The third-order valence-electron chi connectivity index (χ3n) is 3.30. The minimum Gasteiger partial charge on any atom is -0.396 e. The van der Waals surface area contributed by atoms with Crippen LogP contribution >= 0.6 is 0 Å². The molecule has 1 aliphatic carbocycles. The average Bonchev–Trinajstić information content (AvgIpc) is 2.18. The predicted molar refractivity (Wildman–Crippen MR) is 53.6 cm³/mol.